The summed E-state index contributed by atoms with van der Waals surface area (Å²) in [4.78, 5) is 0. The van der Waals surface area contributed by atoms with E-state index in [1.807, 2.05) is 0 Å². The largest absolute Gasteiger partial charge is 0.397 e. The predicted molar refractivity (Wildman–Crippen MR) is 60.6 cm³/mol. The van der Waals surface area contributed by atoms with Crippen LogP contribution >= 0.6 is 0 Å². The monoisotopic (exact) mass is 205 g/mol. The molecule has 0 aliphatic rings. The van der Waals surface area contributed by atoms with Crippen molar-refractivity contribution >= 4 is 11.4 Å². The molecule has 0 aromatic heterocycles. The first-order chi connectivity index (χ1) is 7.27. The van der Waals surface area contributed by atoms with E-state index in [9.17, 15) is 0 Å². The number of nitrogens with zero attached hydrogens (tertiary/aromatic N) is 1. The molecule has 0 heterocycles. The van der Waals surface area contributed by atoms with Gasteiger partial charge in [-0.25, -0.2) is 0 Å². The summed E-state index contributed by atoms with van der Waals surface area (Å²) < 4.78 is 4.93. The lowest BCUT2D eigenvalue weighted by molar-refractivity contribution is 0.198. The number of hydrogen-bond donors (Lipinski definition) is 2. The van der Waals surface area contributed by atoms with Crippen LogP contribution in [0, 0.1) is 11.3 Å². The summed E-state index contributed by atoms with van der Waals surface area (Å²) in [5.41, 5.74) is 7.83. The third-order valence-electron chi connectivity index (χ3n) is 2.02. The molecule has 80 valence electrons. The first-order valence-corrected chi connectivity index (χ1v) is 4.80. The molecular weight excluding hydrogens is 190 g/mol. The van der Waals surface area contributed by atoms with Gasteiger partial charge in [0.25, 0.3) is 0 Å². The molecule has 0 radical (unpaired) electrons. The Morgan fingerprint density at radius 2 is 2.33 bits per heavy atom. The third-order valence-corrected chi connectivity index (χ3v) is 2.02. The van der Waals surface area contributed by atoms with E-state index < -0.39 is 0 Å². The molecule has 15 heavy (non-hydrogen) atoms. The van der Waals surface area contributed by atoms with Gasteiger partial charge in [-0.1, -0.05) is 0 Å². The Morgan fingerprint density at radius 3 is 3.00 bits per heavy atom. The number of nitrogen functional groups attached to an aromatic ring is 1. The number of nitrogens with one attached hydrogen (secondary N) is 1. The summed E-state index contributed by atoms with van der Waals surface area (Å²) in [7, 11) is 1.67. The van der Waals surface area contributed by atoms with Crippen molar-refractivity contribution in [3.05, 3.63) is 23.8 Å². The number of anilines is 2. The molecule has 0 saturated carbocycles. The van der Waals surface area contributed by atoms with Crippen LogP contribution in [0.3, 0.4) is 0 Å². The highest BCUT2D eigenvalue weighted by atomic mass is 16.5. The van der Waals surface area contributed by atoms with E-state index in [4.69, 9.17) is 15.7 Å². The molecule has 0 spiro atoms. The zero-order chi connectivity index (χ0) is 11.1. The van der Waals surface area contributed by atoms with Gasteiger partial charge >= 0.3 is 0 Å². The van der Waals surface area contributed by atoms with E-state index in [1.165, 1.54) is 0 Å². The second-order valence-corrected chi connectivity index (χ2v) is 3.19. The molecule has 0 amide bonds. The smallest absolute Gasteiger partial charge is 0.0992 e. The maximum absolute atomic E-state index is 8.72. The van der Waals surface area contributed by atoms with Crippen molar-refractivity contribution in [2.45, 2.75) is 6.42 Å². The maximum Gasteiger partial charge on any atom is 0.0992 e. The molecule has 4 heteroatoms. The van der Waals surface area contributed by atoms with E-state index in [1.54, 1.807) is 25.3 Å². The average molecular weight is 205 g/mol. The third kappa shape index (κ3) is 3.49. The summed E-state index contributed by atoms with van der Waals surface area (Å²) in [5.74, 6) is 0. The van der Waals surface area contributed by atoms with Gasteiger partial charge in [0, 0.05) is 20.3 Å². The lowest BCUT2D eigenvalue weighted by Gasteiger charge is -2.08. The Bertz CT molecular complexity index is 357. The van der Waals surface area contributed by atoms with E-state index in [0.717, 1.165) is 18.7 Å². The molecule has 0 atom stereocenters. The maximum atomic E-state index is 8.72. The first-order valence-electron chi connectivity index (χ1n) is 4.80. The van der Waals surface area contributed by atoms with Crippen molar-refractivity contribution in [3.63, 3.8) is 0 Å². The number of rotatable bonds is 5. The second kappa shape index (κ2) is 5.89. The van der Waals surface area contributed by atoms with Crippen LogP contribution in [0.15, 0.2) is 18.2 Å². The zero-order valence-corrected chi connectivity index (χ0v) is 8.79. The second-order valence-electron chi connectivity index (χ2n) is 3.19. The minimum Gasteiger partial charge on any atom is -0.397 e. The molecule has 0 unspecified atom stereocenters. The number of hydrogen-bond acceptors (Lipinski definition) is 4. The summed E-state index contributed by atoms with van der Waals surface area (Å²) in [6.07, 6.45) is 0.909. The van der Waals surface area contributed by atoms with E-state index in [0.29, 0.717) is 17.9 Å². The molecule has 4 nitrogen and oxygen atoms in total. The molecular formula is C11H15N3O. The minimum atomic E-state index is 0.610. The van der Waals surface area contributed by atoms with Crippen LogP contribution in [0.1, 0.15) is 12.0 Å². The minimum absolute atomic E-state index is 0.610. The fourth-order valence-electron chi connectivity index (χ4n) is 1.22. The summed E-state index contributed by atoms with van der Waals surface area (Å²) in [6, 6.07) is 7.27. The first kappa shape index (κ1) is 11.3. The van der Waals surface area contributed by atoms with Gasteiger partial charge in [-0.05, 0) is 24.6 Å². The Kier molecular flexibility index (Phi) is 4.45. The zero-order valence-electron chi connectivity index (χ0n) is 8.79. The van der Waals surface area contributed by atoms with E-state index in [-0.39, 0.29) is 0 Å². The van der Waals surface area contributed by atoms with E-state index >= 15 is 0 Å². The van der Waals surface area contributed by atoms with Crippen molar-refractivity contribution in [2.75, 3.05) is 31.3 Å². The molecule has 0 saturated heterocycles. The fraction of sp³-hybridized carbons (Fsp3) is 0.364. The molecule has 0 fully saturated rings. The Hall–Kier alpha value is -1.73. The topological polar surface area (TPSA) is 71.1 Å². The lowest BCUT2D eigenvalue weighted by Crippen LogP contribution is -2.06. The molecule has 0 aliphatic carbocycles. The Morgan fingerprint density at radius 1 is 1.53 bits per heavy atom. The van der Waals surface area contributed by atoms with Gasteiger partial charge in [0.1, 0.15) is 0 Å². The number of methoxy groups -OCH3 is 1. The molecule has 1 aromatic rings. The predicted octanol–water partition coefficient (Wildman–Crippen LogP) is 1.59. The van der Waals surface area contributed by atoms with E-state index in [2.05, 4.69) is 11.4 Å². The van der Waals surface area contributed by atoms with Gasteiger partial charge in [0.15, 0.2) is 0 Å². The van der Waals surface area contributed by atoms with Crippen LogP contribution in [-0.4, -0.2) is 20.3 Å². The van der Waals surface area contributed by atoms with Gasteiger partial charge in [-0.2, -0.15) is 5.26 Å². The normalized spacial score (nSPS) is 9.60. The number of nitriles is 1. The summed E-state index contributed by atoms with van der Waals surface area (Å²) >= 11 is 0. The summed E-state index contributed by atoms with van der Waals surface area (Å²) in [6.45, 7) is 1.50. The molecule has 0 bridgehead atoms. The van der Waals surface area contributed by atoms with Gasteiger partial charge in [-0.15, -0.1) is 0 Å². The van der Waals surface area contributed by atoms with Crippen LogP contribution < -0.4 is 11.1 Å². The van der Waals surface area contributed by atoms with Crippen LogP contribution in [-0.2, 0) is 4.74 Å². The Labute approximate surface area is 89.7 Å². The molecule has 1 aromatic carbocycles. The lowest BCUT2D eigenvalue weighted by atomic mass is 10.2. The SMILES string of the molecule is COCCCNc1cc(C#N)ccc1N. The van der Waals surface area contributed by atoms with Crippen LogP contribution in [0.4, 0.5) is 11.4 Å². The highest BCUT2D eigenvalue weighted by molar-refractivity contribution is 5.68. The molecule has 3 N–H and O–H groups in total. The van der Waals surface area contributed by atoms with Crippen LogP contribution in [0.2, 0.25) is 0 Å². The van der Waals surface area contributed by atoms with Gasteiger partial charge < -0.3 is 15.8 Å². The van der Waals surface area contributed by atoms with Crippen molar-refractivity contribution in [3.8, 4) is 6.07 Å². The van der Waals surface area contributed by atoms with Crippen molar-refractivity contribution < 1.29 is 4.74 Å². The van der Waals surface area contributed by atoms with Crippen molar-refractivity contribution in [2.24, 2.45) is 0 Å². The average Bonchev–Trinajstić information content (AvgIpc) is 2.26. The molecule has 0 aliphatic heterocycles. The number of benzene rings is 1. The number of nitrogens with two attached hydrogens (primary N) is 1. The van der Waals surface area contributed by atoms with Gasteiger partial charge in [0.2, 0.25) is 0 Å². The van der Waals surface area contributed by atoms with Gasteiger partial charge in [0.05, 0.1) is 23.0 Å². The standard InChI is InChI=1S/C11H15N3O/c1-15-6-2-5-14-11-7-9(8-12)3-4-10(11)13/h3-4,7,14H,2,5-6,13H2,1H3. The van der Waals surface area contributed by atoms with Crippen molar-refractivity contribution in [1.82, 2.24) is 0 Å². The highest BCUT2D eigenvalue weighted by Crippen LogP contribution is 2.19. The van der Waals surface area contributed by atoms with Gasteiger partial charge in [-0.3, -0.25) is 0 Å². The highest BCUT2D eigenvalue weighted by Gasteiger charge is 1.99. The number of ether oxygens (including phenoxy) is 1. The quantitative estimate of drug-likeness (QED) is 0.565. The summed E-state index contributed by atoms with van der Waals surface area (Å²) in [5, 5.41) is 11.9. The Balaban J connectivity index is 2.56. The van der Waals surface area contributed by atoms with Crippen molar-refractivity contribution in [1.29, 1.82) is 5.26 Å². The fourth-order valence-corrected chi connectivity index (χ4v) is 1.22. The molecule has 1 rings (SSSR count). The van der Waals surface area contributed by atoms with Crippen LogP contribution in [0.25, 0.3) is 0 Å². The van der Waals surface area contributed by atoms with Crippen LogP contribution in [0.5, 0.6) is 0 Å².